The summed E-state index contributed by atoms with van der Waals surface area (Å²) in [6.45, 7) is 5.37. The third-order valence-corrected chi connectivity index (χ3v) is 8.00. The van der Waals surface area contributed by atoms with Crippen LogP contribution >= 0.6 is 11.3 Å². The van der Waals surface area contributed by atoms with Crippen LogP contribution in [0, 0.1) is 0 Å². The van der Waals surface area contributed by atoms with Crippen LogP contribution in [-0.4, -0.2) is 73.0 Å². The van der Waals surface area contributed by atoms with Crippen molar-refractivity contribution in [3.63, 3.8) is 0 Å². The molecule has 0 unspecified atom stereocenters. The van der Waals surface area contributed by atoms with Gasteiger partial charge in [-0.25, -0.2) is 14.6 Å². The van der Waals surface area contributed by atoms with E-state index in [-0.39, 0.29) is 5.75 Å². The number of aromatic nitrogens is 1. The second kappa shape index (κ2) is 10.7. The van der Waals surface area contributed by atoms with Gasteiger partial charge in [0, 0.05) is 54.8 Å². The van der Waals surface area contributed by atoms with Gasteiger partial charge in [0.05, 0.1) is 17.8 Å². The molecule has 6 rings (SSSR count). The van der Waals surface area contributed by atoms with Crippen molar-refractivity contribution in [3.8, 4) is 11.5 Å². The zero-order chi connectivity index (χ0) is 26.9. The molecule has 10 nitrogen and oxygen atoms in total. The van der Waals surface area contributed by atoms with E-state index >= 15 is 0 Å². The van der Waals surface area contributed by atoms with Crippen LogP contribution in [0.3, 0.4) is 0 Å². The van der Waals surface area contributed by atoms with Gasteiger partial charge in [-0.05, 0) is 61.2 Å². The highest BCUT2D eigenvalue weighted by atomic mass is 32.1. The number of anilines is 1. The zero-order valence-electron chi connectivity index (χ0n) is 21.5. The van der Waals surface area contributed by atoms with E-state index in [1.165, 1.54) is 21.8 Å². The molecule has 1 saturated heterocycles. The van der Waals surface area contributed by atoms with E-state index < -0.39 is 17.5 Å². The molecule has 0 N–H and O–H groups in total. The van der Waals surface area contributed by atoms with Gasteiger partial charge in [0.1, 0.15) is 5.75 Å². The van der Waals surface area contributed by atoms with Gasteiger partial charge >= 0.3 is 17.5 Å². The summed E-state index contributed by atoms with van der Waals surface area (Å²) in [7, 11) is 2.16. The molecule has 2 aliphatic rings. The molecule has 1 fully saturated rings. The smallest absolute Gasteiger partial charge is 0.442 e. The van der Waals surface area contributed by atoms with Crippen LogP contribution < -0.4 is 24.9 Å². The third-order valence-electron chi connectivity index (χ3n) is 7.11. The first-order chi connectivity index (χ1) is 19.0. The van der Waals surface area contributed by atoms with Gasteiger partial charge < -0.3 is 24.2 Å². The lowest BCUT2D eigenvalue weighted by Gasteiger charge is -2.32. The van der Waals surface area contributed by atoms with Gasteiger partial charge in [0.25, 0.3) is 0 Å². The fourth-order valence-corrected chi connectivity index (χ4v) is 5.84. The molecule has 2 aromatic carbocycles. The molecule has 0 spiro atoms. The van der Waals surface area contributed by atoms with Crippen molar-refractivity contribution >= 4 is 50.0 Å². The van der Waals surface area contributed by atoms with Crippen LogP contribution in [0.5, 0.6) is 11.5 Å². The number of thiophene rings is 1. The Morgan fingerprint density at radius 1 is 0.949 bits per heavy atom. The fourth-order valence-electron chi connectivity index (χ4n) is 5.03. The number of benzene rings is 2. The molecule has 0 aliphatic carbocycles. The molecule has 0 atom stereocenters. The third kappa shape index (κ3) is 5.08. The first-order valence-electron chi connectivity index (χ1n) is 12.9. The molecule has 2 aliphatic heterocycles. The molecule has 4 heterocycles. The Hall–Kier alpha value is -3.93. The quantitative estimate of drug-likeness (QED) is 0.196. The van der Waals surface area contributed by atoms with Crippen molar-refractivity contribution in [1.29, 1.82) is 0 Å². The average molecular weight is 549 g/mol. The molecule has 0 saturated carbocycles. The topological polar surface area (TPSA) is 93.5 Å². The van der Waals surface area contributed by atoms with E-state index in [1.807, 2.05) is 0 Å². The first kappa shape index (κ1) is 25.4. The number of fused-ring (bicyclic) bond motifs is 5. The molecule has 0 radical (unpaired) electrons. The number of hydrazine groups is 1. The van der Waals surface area contributed by atoms with E-state index in [9.17, 15) is 14.4 Å². The highest BCUT2D eigenvalue weighted by Crippen LogP contribution is 2.31. The second-order valence-electron chi connectivity index (χ2n) is 9.61. The normalized spacial score (nSPS) is 16.7. The van der Waals surface area contributed by atoms with Gasteiger partial charge in [-0.3, -0.25) is 4.79 Å². The summed E-state index contributed by atoms with van der Waals surface area (Å²) in [5, 5.41) is 8.74. The van der Waals surface area contributed by atoms with Crippen molar-refractivity contribution in [2.75, 3.05) is 51.4 Å². The standard InChI is InChI=1S/C28H28N4O6S/c1-29-11-12-30(13-14-31(29)22-5-4-6-25-21(22)9-16-39-25)10-2-3-15-36-20-8-7-19-17-24-26(33)32(23(19)18-20)38-28(35)27(34)37-24/h4-9,16-18H,2-3,10-15H2,1H3. The summed E-state index contributed by atoms with van der Waals surface area (Å²) in [5.74, 6) is -2.19. The molecule has 11 heteroatoms. The number of rotatable bonds is 7. The number of hydrogen-bond acceptors (Lipinski definition) is 10. The van der Waals surface area contributed by atoms with Crippen molar-refractivity contribution < 1.29 is 23.9 Å². The van der Waals surface area contributed by atoms with E-state index in [4.69, 9.17) is 14.3 Å². The SMILES string of the molecule is CN1CCN(CCCCOc2ccc3cc4c(=O)n(c3c2)OC(=O)C(=O)O4)CCN1c1cccc2sccc12. The number of esters is 1. The molecule has 2 aromatic heterocycles. The summed E-state index contributed by atoms with van der Waals surface area (Å²) in [4.78, 5) is 43.3. The lowest BCUT2D eigenvalue weighted by atomic mass is 10.2. The minimum Gasteiger partial charge on any atom is -0.494 e. The number of likely N-dealkylation sites (N-methyl/N-ethyl adjacent to an activating group) is 1. The maximum Gasteiger partial charge on any atom is 0.442 e. The largest absolute Gasteiger partial charge is 0.494 e. The average Bonchev–Trinajstić information content (AvgIpc) is 3.32. The lowest BCUT2D eigenvalue weighted by Crippen LogP contribution is -2.40. The van der Waals surface area contributed by atoms with Gasteiger partial charge in [0.2, 0.25) is 0 Å². The van der Waals surface area contributed by atoms with E-state index in [0.29, 0.717) is 23.3 Å². The highest BCUT2D eigenvalue weighted by molar-refractivity contribution is 7.17. The van der Waals surface area contributed by atoms with Crippen LogP contribution in [0.2, 0.25) is 0 Å². The van der Waals surface area contributed by atoms with E-state index in [1.54, 1.807) is 29.5 Å². The Morgan fingerprint density at radius 2 is 1.82 bits per heavy atom. The Kier molecular flexibility index (Phi) is 6.94. The number of nitrogens with zero attached hydrogens (tertiary/aromatic N) is 4. The summed E-state index contributed by atoms with van der Waals surface area (Å²) in [6, 6.07) is 15.3. The second-order valence-corrected chi connectivity index (χ2v) is 10.6. The Labute approximate surface area is 228 Å². The fraction of sp³-hybridized carbons (Fsp3) is 0.321. The molecule has 39 heavy (non-hydrogen) atoms. The van der Waals surface area contributed by atoms with Gasteiger partial charge in [-0.15, -0.1) is 16.1 Å². The number of unbranched alkanes of at least 4 members (excludes halogenated alkanes) is 1. The highest BCUT2D eigenvalue weighted by Gasteiger charge is 2.28. The Bertz CT molecular complexity index is 1610. The van der Waals surface area contributed by atoms with Crippen LogP contribution in [0.25, 0.3) is 21.0 Å². The Morgan fingerprint density at radius 3 is 2.72 bits per heavy atom. The minimum absolute atomic E-state index is 0.252. The zero-order valence-corrected chi connectivity index (χ0v) is 22.3. The van der Waals surface area contributed by atoms with Crippen molar-refractivity contribution in [2.45, 2.75) is 12.8 Å². The number of pyridine rings is 1. The number of carbonyl (C=O) groups excluding carboxylic acids is 2. The van der Waals surface area contributed by atoms with Crippen molar-refractivity contribution in [3.05, 3.63) is 64.3 Å². The lowest BCUT2D eigenvalue weighted by molar-refractivity contribution is -0.160. The maximum atomic E-state index is 12.5. The molecule has 0 amide bonds. The van der Waals surface area contributed by atoms with Crippen LogP contribution in [0.1, 0.15) is 12.8 Å². The summed E-state index contributed by atoms with van der Waals surface area (Å²) < 4.78 is 12.8. The summed E-state index contributed by atoms with van der Waals surface area (Å²) in [5.41, 5.74) is 0.871. The molecule has 202 valence electrons. The Balaban J connectivity index is 1.03. The van der Waals surface area contributed by atoms with Gasteiger partial charge in [0.15, 0.2) is 5.75 Å². The van der Waals surface area contributed by atoms with E-state index in [0.717, 1.165) is 50.3 Å². The van der Waals surface area contributed by atoms with Crippen LogP contribution in [0.15, 0.2) is 58.7 Å². The molecule has 4 aromatic rings. The summed E-state index contributed by atoms with van der Waals surface area (Å²) in [6.07, 6.45) is 1.86. The van der Waals surface area contributed by atoms with E-state index in [2.05, 4.69) is 51.6 Å². The first-order valence-corrected chi connectivity index (χ1v) is 13.8. The van der Waals surface area contributed by atoms with Crippen molar-refractivity contribution in [2.24, 2.45) is 0 Å². The van der Waals surface area contributed by atoms with Gasteiger partial charge in [-0.1, -0.05) is 6.07 Å². The number of hydrogen-bond donors (Lipinski definition) is 0. The maximum absolute atomic E-state index is 12.5. The summed E-state index contributed by atoms with van der Waals surface area (Å²) >= 11 is 1.77. The van der Waals surface area contributed by atoms with Crippen LogP contribution in [0.4, 0.5) is 5.69 Å². The monoisotopic (exact) mass is 548 g/mol. The predicted octanol–water partition coefficient (Wildman–Crippen LogP) is 2.92. The molecular weight excluding hydrogens is 520 g/mol. The minimum atomic E-state index is -1.25. The van der Waals surface area contributed by atoms with Crippen molar-refractivity contribution in [1.82, 2.24) is 14.6 Å². The predicted molar refractivity (Wildman–Crippen MR) is 148 cm³/mol. The number of carbonyl (C=O) groups is 2. The molecule has 2 bridgehead atoms. The van der Waals surface area contributed by atoms with Crippen LogP contribution in [-0.2, 0) is 9.59 Å². The number of ether oxygens (including phenoxy) is 2. The van der Waals surface area contributed by atoms with Gasteiger partial charge in [-0.2, -0.15) is 0 Å². The molecular formula is C28H28N4O6S.